The molecule has 1 aromatic carbocycles. The molecular formula is C18H22N2O2. The number of benzene rings is 1. The maximum absolute atomic E-state index is 11.8. The van der Waals surface area contributed by atoms with Crippen molar-refractivity contribution in [1.82, 2.24) is 10.3 Å². The number of nitrogens with one attached hydrogen (secondary N) is 1. The first-order valence-electron chi connectivity index (χ1n) is 7.42. The topological polar surface area (TPSA) is 62.2 Å². The van der Waals surface area contributed by atoms with Crippen molar-refractivity contribution in [2.75, 3.05) is 6.54 Å². The van der Waals surface area contributed by atoms with E-state index in [4.69, 9.17) is 0 Å². The smallest absolute Gasteiger partial charge is 0.244 e. The largest absolute Gasteiger partial charge is 0.388 e. The van der Waals surface area contributed by atoms with E-state index < -0.39 is 5.60 Å². The van der Waals surface area contributed by atoms with Crippen molar-refractivity contribution in [2.24, 2.45) is 5.92 Å². The second-order valence-corrected chi connectivity index (χ2v) is 5.99. The number of para-hydroxylation sites is 1. The Labute approximate surface area is 130 Å². The summed E-state index contributed by atoms with van der Waals surface area (Å²) in [6.07, 6.45) is 3.11. The molecule has 116 valence electrons. The van der Waals surface area contributed by atoms with Crippen LogP contribution in [-0.2, 0) is 4.79 Å². The summed E-state index contributed by atoms with van der Waals surface area (Å²) >= 11 is 0. The van der Waals surface area contributed by atoms with Crippen LogP contribution in [0.1, 0.15) is 26.5 Å². The van der Waals surface area contributed by atoms with Crippen LogP contribution in [0.15, 0.2) is 42.5 Å². The summed E-state index contributed by atoms with van der Waals surface area (Å²) < 4.78 is 0. The Kier molecular flexibility index (Phi) is 4.93. The number of fused-ring (bicyclic) bond motifs is 1. The third-order valence-electron chi connectivity index (χ3n) is 3.89. The molecule has 2 aromatic rings. The Hall–Kier alpha value is -2.20. The lowest BCUT2D eigenvalue weighted by molar-refractivity contribution is -0.118. The quantitative estimate of drug-likeness (QED) is 0.834. The molecule has 0 radical (unpaired) electrons. The Morgan fingerprint density at radius 1 is 1.32 bits per heavy atom. The molecule has 0 aliphatic carbocycles. The van der Waals surface area contributed by atoms with Gasteiger partial charge in [0.05, 0.1) is 16.8 Å². The van der Waals surface area contributed by atoms with E-state index in [-0.39, 0.29) is 18.4 Å². The molecule has 1 aromatic heterocycles. The van der Waals surface area contributed by atoms with Crippen LogP contribution in [0.5, 0.6) is 0 Å². The zero-order valence-electron chi connectivity index (χ0n) is 13.2. The fraction of sp³-hybridized carbons (Fsp3) is 0.333. The zero-order chi connectivity index (χ0) is 16.2. The molecule has 0 aliphatic rings. The van der Waals surface area contributed by atoms with Gasteiger partial charge in [0.1, 0.15) is 0 Å². The number of aliphatic hydroxyl groups is 1. The van der Waals surface area contributed by atoms with E-state index in [2.05, 4.69) is 10.3 Å². The van der Waals surface area contributed by atoms with Crippen molar-refractivity contribution in [2.45, 2.75) is 26.4 Å². The third kappa shape index (κ3) is 4.15. The van der Waals surface area contributed by atoms with Gasteiger partial charge in [-0.05, 0) is 31.1 Å². The van der Waals surface area contributed by atoms with E-state index in [9.17, 15) is 9.90 Å². The fourth-order valence-corrected chi connectivity index (χ4v) is 1.86. The molecule has 0 bridgehead atoms. The molecule has 2 rings (SSSR count). The molecule has 0 saturated heterocycles. The standard InChI is InChI=1S/C18H22N2O2/c1-13(2)18(3,22)12-19-17(21)11-10-15-9-8-14-6-4-5-7-16(14)20-15/h4-11,13,22H,12H2,1-3H3,(H,19,21). The highest BCUT2D eigenvalue weighted by atomic mass is 16.3. The predicted octanol–water partition coefficient (Wildman–Crippen LogP) is 2.77. The van der Waals surface area contributed by atoms with Gasteiger partial charge in [-0.2, -0.15) is 0 Å². The van der Waals surface area contributed by atoms with Gasteiger partial charge in [-0.1, -0.05) is 38.1 Å². The van der Waals surface area contributed by atoms with Crippen molar-refractivity contribution < 1.29 is 9.90 Å². The van der Waals surface area contributed by atoms with E-state index in [1.807, 2.05) is 50.2 Å². The van der Waals surface area contributed by atoms with Crippen LogP contribution in [0.4, 0.5) is 0 Å². The average Bonchev–Trinajstić information content (AvgIpc) is 2.50. The van der Waals surface area contributed by atoms with Crippen LogP contribution in [-0.4, -0.2) is 28.1 Å². The van der Waals surface area contributed by atoms with Crippen molar-refractivity contribution in [3.8, 4) is 0 Å². The minimum atomic E-state index is -0.912. The summed E-state index contributed by atoms with van der Waals surface area (Å²) in [5.74, 6) is -0.171. The van der Waals surface area contributed by atoms with Crippen LogP contribution in [0.25, 0.3) is 17.0 Å². The SMILES string of the molecule is CC(C)C(C)(O)CNC(=O)C=Cc1ccc2ccccc2n1. The summed E-state index contributed by atoms with van der Waals surface area (Å²) in [5.41, 5.74) is 0.710. The molecule has 4 heteroatoms. The Balaban J connectivity index is 1.99. The number of rotatable bonds is 5. The van der Waals surface area contributed by atoms with E-state index in [1.165, 1.54) is 6.08 Å². The van der Waals surface area contributed by atoms with Gasteiger partial charge in [0, 0.05) is 18.0 Å². The number of hydrogen-bond donors (Lipinski definition) is 2. The van der Waals surface area contributed by atoms with E-state index in [0.29, 0.717) is 0 Å². The normalized spacial score (nSPS) is 14.4. The van der Waals surface area contributed by atoms with Crippen molar-refractivity contribution in [1.29, 1.82) is 0 Å². The highest BCUT2D eigenvalue weighted by molar-refractivity contribution is 5.92. The molecule has 2 N–H and O–H groups in total. The van der Waals surface area contributed by atoms with Gasteiger partial charge < -0.3 is 10.4 Å². The first-order chi connectivity index (χ1) is 10.4. The maximum Gasteiger partial charge on any atom is 0.244 e. The molecule has 1 amide bonds. The second kappa shape index (κ2) is 6.71. The minimum Gasteiger partial charge on any atom is -0.388 e. The van der Waals surface area contributed by atoms with Gasteiger partial charge >= 0.3 is 0 Å². The summed E-state index contributed by atoms with van der Waals surface area (Å²) in [7, 11) is 0. The highest BCUT2D eigenvalue weighted by Gasteiger charge is 2.24. The van der Waals surface area contributed by atoms with Gasteiger partial charge in [0.15, 0.2) is 0 Å². The first kappa shape index (κ1) is 16.2. The van der Waals surface area contributed by atoms with Crippen molar-refractivity contribution in [3.05, 3.63) is 48.2 Å². The Morgan fingerprint density at radius 2 is 2.05 bits per heavy atom. The number of aromatic nitrogens is 1. The first-order valence-corrected chi connectivity index (χ1v) is 7.42. The minimum absolute atomic E-state index is 0.0685. The maximum atomic E-state index is 11.8. The molecule has 1 unspecified atom stereocenters. The Morgan fingerprint density at radius 3 is 2.77 bits per heavy atom. The monoisotopic (exact) mass is 298 g/mol. The molecule has 0 saturated carbocycles. The van der Waals surface area contributed by atoms with Crippen molar-refractivity contribution in [3.63, 3.8) is 0 Å². The van der Waals surface area contributed by atoms with Crippen LogP contribution in [0.3, 0.4) is 0 Å². The van der Waals surface area contributed by atoms with Gasteiger partial charge in [-0.25, -0.2) is 4.98 Å². The second-order valence-electron chi connectivity index (χ2n) is 5.99. The molecule has 1 heterocycles. The number of pyridine rings is 1. The lowest BCUT2D eigenvalue weighted by Gasteiger charge is -2.27. The van der Waals surface area contributed by atoms with Crippen LogP contribution in [0.2, 0.25) is 0 Å². The van der Waals surface area contributed by atoms with Gasteiger partial charge in [0.25, 0.3) is 0 Å². The molecule has 1 atom stereocenters. The number of hydrogen-bond acceptors (Lipinski definition) is 3. The number of amides is 1. The van der Waals surface area contributed by atoms with Crippen LogP contribution < -0.4 is 5.32 Å². The number of nitrogens with zero attached hydrogens (tertiary/aromatic N) is 1. The van der Waals surface area contributed by atoms with E-state index >= 15 is 0 Å². The average molecular weight is 298 g/mol. The highest BCUT2D eigenvalue weighted by Crippen LogP contribution is 2.14. The Bertz CT molecular complexity index is 690. The van der Waals surface area contributed by atoms with Gasteiger partial charge in [-0.3, -0.25) is 4.79 Å². The zero-order valence-corrected chi connectivity index (χ0v) is 13.2. The lowest BCUT2D eigenvalue weighted by Crippen LogP contribution is -2.43. The molecule has 22 heavy (non-hydrogen) atoms. The van der Waals surface area contributed by atoms with Gasteiger partial charge in [-0.15, -0.1) is 0 Å². The fourth-order valence-electron chi connectivity index (χ4n) is 1.86. The summed E-state index contributed by atoms with van der Waals surface area (Å²) in [4.78, 5) is 16.3. The van der Waals surface area contributed by atoms with Crippen LogP contribution >= 0.6 is 0 Å². The van der Waals surface area contributed by atoms with E-state index in [1.54, 1.807) is 13.0 Å². The van der Waals surface area contributed by atoms with Crippen molar-refractivity contribution >= 4 is 22.9 Å². The summed E-state index contributed by atoms with van der Waals surface area (Å²) in [6.45, 7) is 5.77. The summed E-state index contributed by atoms with van der Waals surface area (Å²) in [6, 6.07) is 11.7. The lowest BCUT2D eigenvalue weighted by atomic mass is 9.92. The predicted molar refractivity (Wildman–Crippen MR) is 89.2 cm³/mol. The van der Waals surface area contributed by atoms with Gasteiger partial charge in [0.2, 0.25) is 5.91 Å². The summed E-state index contributed by atoms with van der Waals surface area (Å²) in [5, 5.41) is 13.9. The molecule has 0 fully saturated rings. The molecular weight excluding hydrogens is 276 g/mol. The molecule has 0 aliphatic heterocycles. The molecule has 4 nitrogen and oxygen atoms in total. The molecule has 0 spiro atoms. The third-order valence-corrected chi connectivity index (χ3v) is 3.89. The van der Waals surface area contributed by atoms with E-state index in [0.717, 1.165) is 16.6 Å². The number of carbonyl (C=O) groups excluding carboxylic acids is 1. The number of carbonyl (C=O) groups is 1. The van der Waals surface area contributed by atoms with Crippen LogP contribution in [0, 0.1) is 5.92 Å².